The lowest BCUT2D eigenvalue weighted by molar-refractivity contribution is 0.0526. The fraction of sp³-hybridized carbons (Fsp3) is 0.111. The number of aromatic nitrogens is 3. The first-order chi connectivity index (χ1) is 11.8. The third-order valence-electron chi connectivity index (χ3n) is 3.29. The molecular formula is C18H16N4O2. The first-order valence-corrected chi connectivity index (χ1v) is 7.54. The van der Waals surface area contributed by atoms with Crippen LogP contribution in [0.15, 0.2) is 67.3 Å². The Balaban J connectivity index is 1.99. The minimum Gasteiger partial charge on any atom is -0.462 e. The lowest BCUT2D eigenvalue weighted by atomic mass is 10.2. The maximum atomic E-state index is 11.8. The molecule has 0 saturated carbocycles. The highest BCUT2D eigenvalue weighted by Crippen LogP contribution is 2.31. The van der Waals surface area contributed by atoms with Crippen molar-refractivity contribution >= 4 is 23.3 Å². The van der Waals surface area contributed by atoms with Gasteiger partial charge in [-0.15, -0.1) is 0 Å². The van der Waals surface area contributed by atoms with Gasteiger partial charge in [-0.05, 0) is 49.4 Å². The largest absolute Gasteiger partial charge is 0.462 e. The fourth-order valence-corrected chi connectivity index (χ4v) is 2.23. The molecule has 0 aliphatic heterocycles. The van der Waals surface area contributed by atoms with E-state index in [-0.39, 0.29) is 5.97 Å². The van der Waals surface area contributed by atoms with Gasteiger partial charge in [0, 0.05) is 24.3 Å². The summed E-state index contributed by atoms with van der Waals surface area (Å²) in [7, 11) is 0. The van der Waals surface area contributed by atoms with Gasteiger partial charge in [0.2, 0.25) is 5.95 Å². The summed E-state index contributed by atoms with van der Waals surface area (Å²) >= 11 is 0. The number of carbonyl (C=O) groups excluding carboxylic acids is 1. The van der Waals surface area contributed by atoms with Crippen molar-refractivity contribution in [3.05, 3.63) is 72.8 Å². The second-order valence-electron chi connectivity index (χ2n) is 4.86. The van der Waals surface area contributed by atoms with E-state index in [9.17, 15) is 4.79 Å². The number of ether oxygens (including phenoxy) is 1. The van der Waals surface area contributed by atoms with E-state index in [1.807, 2.05) is 29.2 Å². The molecule has 120 valence electrons. The number of anilines is 3. The number of pyridine rings is 1. The SMILES string of the molecule is CCOC(=O)c1ccc(N(c2cccnc2)c2ncccn2)cc1. The molecule has 6 heteroatoms. The number of nitrogens with zero attached hydrogens (tertiary/aromatic N) is 4. The maximum Gasteiger partial charge on any atom is 0.338 e. The van der Waals surface area contributed by atoms with Crippen molar-refractivity contribution in [2.45, 2.75) is 6.92 Å². The third kappa shape index (κ3) is 3.38. The summed E-state index contributed by atoms with van der Waals surface area (Å²) in [4.78, 5) is 26.4. The van der Waals surface area contributed by atoms with Crippen LogP contribution in [0.4, 0.5) is 17.3 Å². The van der Waals surface area contributed by atoms with Gasteiger partial charge in [0.25, 0.3) is 0 Å². The molecule has 2 heterocycles. The third-order valence-corrected chi connectivity index (χ3v) is 3.29. The molecule has 0 unspecified atom stereocenters. The van der Waals surface area contributed by atoms with Gasteiger partial charge >= 0.3 is 5.97 Å². The zero-order valence-electron chi connectivity index (χ0n) is 13.2. The van der Waals surface area contributed by atoms with Gasteiger partial charge in [-0.3, -0.25) is 9.88 Å². The number of esters is 1. The highest BCUT2D eigenvalue weighted by Gasteiger charge is 2.15. The second-order valence-corrected chi connectivity index (χ2v) is 4.86. The summed E-state index contributed by atoms with van der Waals surface area (Å²) in [6, 6.07) is 12.6. The highest BCUT2D eigenvalue weighted by atomic mass is 16.5. The molecule has 1 aromatic carbocycles. The molecule has 0 N–H and O–H groups in total. The quantitative estimate of drug-likeness (QED) is 0.670. The van der Waals surface area contributed by atoms with Crippen molar-refractivity contribution in [3.63, 3.8) is 0 Å². The maximum absolute atomic E-state index is 11.8. The molecule has 0 radical (unpaired) electrons. The second kappa shape index (κ2) is 7.32. The predicted octanol–water partition coefficient (Wildman–Crippen LogP) is 3.52. The van der Waals surface area contributed by atoms with E-state index >= 15 is 0 Å². The van der Waals surface area contributed by atoms with Crippen LogP contribution in [0.25, 0.3) is 0 Å². The number of hydrogen-bond donors (Lipinski definition) is 0. The molecule has 0 spiro atoms. The van der Waals surface area contributed by atoms with Crippen LogP contribution < -0.4 is 4.90 Å². The van der Waals surface area contributed by atoms with Crippen LogP contribution in [0.1, 0.15) is 17.3 Å². The molecule has 3 aromatic rings. The molecule has 24 heavy (non-hydrogen) atoms. The standard InChI is InChI=1S/C18H16N4O2/c1-2-24-17(23)14-6-8-15(9-7-14)22(16-5-3-10-19-13-16)18-20-11-4-12-21-18/h3-13H,2H2,1H3. The lowest BCUT2D eigenvalue weighted by Crippen LogP contribution is -2.13. The Kier molecular flexibility index (Phi) is 4.76. The molecule has 3 rings (SSSR count). The van der Waals surface area contributed by atoms with Gasteiger partial charge in [0.05, 0.1) is 24.1 Å². The Morgan fingerprint density at radius 2 is 1.75 bits per heavy atom. The van der Waals surface area contributed by atoms with Crippen LogP contribution in [-0.2, 0) is 4.74 Å². The Morgan fingerprint density at radius 3 is 2.38 bits per heavy atom. The summed E-state index contributed by atoms with van der Waals surface area (Å²) in [5, 5.41) is 0. The van der Waals surface area contributed by atoms with E-state index in [1.165, 1.54) is 0 Å². The molecular weight excluding hydrogens is 304 g/mol. The molecule has 0 fully saturated rings. The Morgan fingerprint density at radius 1 is 1.00 bits per heavy atom. The Hall–Kier alpha value is -3.28. The van der Waals surface area contributed by atoms with Crippen molar-refractivity contribution in [3.8, 4) is 0 Å². The van der Waals surface area contributed by atoms with E-state index in [2.05, 4.69) is 15.0 Å². The molecule has 0 atom stereocenters. The van der Waals surface area contributed by atoms with Crippen LogP contribution in [0.3, 0.4) is 0 Å². The normalized spacial score (nSPS) is 10.2. The zero-order chi connectivity index (χ0) is 16.8. The molecule has 0 bridgehead atoms. The van der Waals surface area contributed by atoms with E-state index in [0.29, 0.717) is 18.1 Å². The monoisotopic (exact) mass is 320 g/mol. The number of rotatable bonds is 5. The van der Waals surface area contributed by atoms with E-state index in [1.54, 1.807) is 49.9 Å². The fourth-order valence-electron chi connectivity index (χ4n) is 2.23. The van der Waals surface area contributed by atoms with Crippen molar-refractivity contribution < 1.29 is 9.53 Å². The van der Waals surface area contributed by atoms with Gasteiger partial charge in [-0.25, -0.2) is 14.8 Å². The smallest absolute Gasteiger partial charge is 0.338 e. The molecule has 0 saturated heterocycles. The van der Waals surface area contributed by atoms with Crippen molar-refractivity contribution in [2.75, 3.05) is 11.5 Å². The van der Waals surface area contributed by atoms with E-state index in [4.69, 9.17) is 4.74 Å². The summed E-state index contributed by atoms with van der Waals surface area (Å²) in [5.74, 6) is 0.183. The zero-order valence-corrected chi connectivity index (χ0v) is 13.2. The van der Waals surface area contributed by atoms with Crippen LogP contribution in [0.2, 0.25) is 0 Å². The average Bonchev–Trinajstić information content (AvgIpc) is 2.64. The van der Waals surface area contributed by atoms with Gasteiger partial charge in [0.15, 0.2) is 0 Å². The summed E-state index contributed by atoms with van der Waals surface area (Å²) in [6.07, 6.45) is 6.80. The Bertz CT molecular complexity index is 753. The van der Waals surface area contributed by atoms with Crippen molar-refractivity contribution in [2.24, 2.45) is 0 Å². The van der Waals surface area contributed by atoms with Crippen LogP contribution in [-0.4, -0.2) is 27.5 Å². The first-order valence-electron chi connectivity index (χ1n) is 7.54. The van der Waals surface area contributed by atoms with Crippen molar-refractivity contribution in [1.29, 1.82) is 0 Å². The van der Waals surface area contributed by atoms with Gasteiger partial charge in [-0.2, -0.15) is 0 Å². The Labute approximate surface area is 139 Å². The van der Waals surface area contributed by atoms with Crippen LogP contribution >= 0.6 is 0 Å². The lowest BCUT2D eigenvalue weighted by Gasteiger charge is -2.22. The van der Waals surface area contributed by atoms with Crippen LogP contribution in [0.5, 0.6) is 0 Å². The minimum atomic E-state index is -0.340. The predicted molar refractivity (Wildman–Crippen MR) is 90.5 cm³/mol. The molecule has 2 aromatic heterocycles. The highest BCUT2D eigenvalue weighted by molar-refractivity contribution is 5.90. The first kappa shape index (κ1) is 15.6. The van der Waals surface area contributed by atoms with E-state index in [0.717, 1.165) is 11.4 Å². The number of hydrogen-bond acceptors (Lipinski definition) is 6. The van der Waals surface area contributed by atoms with Gasteiger partial charge in [-0.1, -0.05) is 0 Å². The van der Waals surface area contributed by atoms with Crippen LogP contribution in [0, 0.1) is 0 Å². The number of carbonyl (C=O) groups is 1. The van der Waals surface area contributed by atoms with Gasteiger partial charge < -0.3 is 4.74 Å². The molecule has 0 aliphatic rings. The summed E-state index contributed by atoms with van der Waals surface area (Å²) < 4.78 is 5.01. The summed E-state index contributed by atoms with van der Waals surface area (Å²) in [5.41, 5.74) is 2.15. The molecule has 0 aliphatic carbocycles. The summed E-state index contributed by atoms with van der Waals surface area (Å²) in [6.45, 7) is 2.13. The topological polar surface area (TPSA) is 68.2 Å². The molecule has 0 amide bonds. The van der Waals surface area contributed by atoms with Crippen molar-refractivity contribution in [1.82, 2.24) is 15.0 Å². The molecule has 6 nitrogen and oxygen atoms in total. The van der Waals surface area contributed by atoms with Gasteiger partial charge in [0.1, 0.15) is 0 Å². The average molecular weight is 320 g/mol. The number of benzene rings is 1. The minimum absolute atomic E-state index is 0.340. The van der Waals surface area contributed by atoms with E-state index < -0.39 is 0 Å².